The van der Waals surface area contributed by atoms with Gasteiger partial charge in [0.25, 0.3) is 0 Å². The fourth-order valence-corrected chi connectivity index (χ4v) is 1.11. The fourth-order valence-electron chi connectivity index (χ4n) is 0.947. The van der Waals surface area contributed by atoms with Gasteiger partial charge < -0.3 is 0 Å². The molecule has 0 N–H and O–H groups in total. The SMILES string of the molecule is CC(C)(C)c1ccc(CCl)nc1. The summed E-state index contributed by atoms with van der Waals surface area (Å²) in [6.07, 6.45) is 1.90. The highest BCUT2D eigenvalue weighted by molar-refractivity contribution is 6.16. The lowest BCUT2D eigenvalue weighted by molar-refractivity contribution is 0.587. The van der Waals surface area contributed by atoms with E-state index >= 15 is 0 Å². The molecule has 0 fully saturated rings. The maximum Gasteiger partial charge on any atom is 0.0647 e. The van der Waals surface area contributed by atoms with Crippen molar-refractivity contribution >= 4 is 11.6 Å². The number of nitrogens with zero attached hydrogens (tertiary/aromatic N) is 1. The molecule has 1 aromatic heterocycles. The molecule has 0 unspecified atom stereocenters. The van der Waals surface area contributed by atoms with Gasteiger partial charge in [-0.15, -0.1) is 11.6 Å². The standard InChI is InChI=1S/C10H14ClN/c1-10(2,3)8-4-5-9(6-11)12-7-8/h4-5,7H,6H2,1-3H3. The molecule has 0 bridgehead atoms. The Morgan fingerprint density at radius 1 is 1.33 bits per heavy atom. The second kappa shape index (κ2) is 3.44. The largest absolute Gasteiger partial charge is 0.260 e. The average Bonchev–Trinajstić information content (AvgIpc) is 2.03. The zero-order chi connectivity index (χ0) is 9.19. The molecule has 1 nitrogen and oxygen atoms in total. The minimum Gasteiger partial charge on any atom is -0.260 e. The van der Waals surface area contributed by atoms with Crippen molar-refractivity contribution in [2.45, 2.75) is 32.1 Å². The van der Waals surface area contributed by atoms with E-state index in [-0.39, 0.29) is 5.41 Å². The van der Waals surface area contributed by atoms with Gasteiger partial charge in [-0.1, -0.05) is 26.8 Å². The molecule has 0 spiro atoms. The van der Waals surface area contributed by atoms with Crippen molar-refractivity contribution in [3.8, 4) is 0 Å². The van der Waals surface area contributed by atoms with E-state index in [0.29, 0.717) is 5.88 Å². The van der Waals surface area contributed by atoms with Gasteiger partial charge in [-0.3, -0.25) is 4.98 Å². The summed E-state index contributed by atoms with van der Waals surface area (Å²) in [6.45, 7) is 6.51. The van der Waals surface area contributed by atoms with Crippen LogP contribution in [0.2, 0.25) is 0 Å². The Kier molecular flexibility index (Phi) is 2.73. The summed E-state index contributed by atoms with van der Waals surface area (Å²) in [5, 5.41) is 0. The Balaban J connectivity index is 2.93. The van der Waals surface area contributed by atoms with Crippen LogP contribution in [0.3, 0.4) is 0 Å². The Labute approximate surface area is 78.8 Å². The molecule has 0 amide bonds. The summed E-state index contributed by atoms with van der Waals surface area (Å²) >= 11 is 5.63. The molecule has 66 valence electrons. The molecular weight excluding hydrogens is 170 g/mol. The highest BCUT2D eigenvalue weighted by Gasteiger charge is 2.13. The summed E-state index contributed by atoms with van der Waals surface area (Å²) in [4.78, 5) is 4.23. The van der Waals surface area contributed by atoms with Crippen molar-refractivity contribution in [1.82, 2.24) is 4.98 Å². The first-order chi connectivity index (χ1) is 5.54. The van der Waals surface area contributed by atoms with E-state index in [1.165, 1.54) is 5.56 Å². The monoisotopic (exact) mass is 183 g/mol. The number of hydrogen-bond acceptors (Lipinski definition) is 1. The smallest absolute Gasteiger partial charge is 0.0647 e. The molecular formula is C10H14ClN. The van der Waals surface area contributed by atoms with Crippen molar-refractivity contribution in [2.24, 2.45) is 0 Å². The van der Waals surface area contributed by atoms with Crippen molar-refractivity contribution < 1.29 is 0 Å². The quantitative estimate of drug-likeness (QED) is 0.610. The normalized spacial score (nSPS) is 11.7. The van der Waals surface area contributed by atoms with Crippen LogP contribution >= 0.6 is 11.6 Å². The van der Waals surface area contributed by atoms with Crippen LogP contribution < -0.4 is 0 Å². The molecule has 1 rings (SSSR count). The molecule has 0 atom stereocenters. The molecule has 0 saturated heterocycles. The van der Waals surface area contributed by atoms with Crippen LogP contribution in [0.5, 0.6) is 0 Å². The maximum atomic E-state index is 5.63. The van der Waals surface area contributed by atoms with E-state index in [4.69, 9.17) is 11.6 Å². The van der Waals surface area contributed by atoms with Gasteiger partial charge in [-0.2, -0.15) is 0 Å². The summed E-state index contributed by atoms with van der Waals surface area (Å²) in [7, 11) is 0. The van der Waals surface area contributed by atoms with Crippen LogP contribution in [0, 0.1) is 0 Å². The van der Waals surface area contributed by atoms with E-state index in [1.807, 2.05) is 12.3 Å². The van der Waals surface area contributed by atoms with Crippen molar-refractivity contribution in [1.29, 1.82) is 0 Å². The summed E-state index contributed by atoms with van der Waals surface area (Å²) in [6, 6.07) is 4.07. The zero-order valence-corrected chi connectivity index (χ0v) is 8.52. The highest BCUT2D eigenvalue weighted by Crippen LogP contribution is 2.21. The molecule has 0 aliphatic heterocycles. The second-order valence-corrected chi connectivity index (χ2v) is 4.19. The van der Waals surface area contributed by atoms with Gasteiger partial charge in [0.15, 0.2) is 0 Å². The molecule has 0 aliphatic rings. The molecule has 0 aliphatic carbocycles. The molecule has 1 heterocycles. The summed E-state index contributed by atoms with van der Waals surface area (Å²) in [5.41, 5.74) is 2.36. The number of rotatable bonds is 1. The van der Waals surface area contributed by atoms with Crippen LogP contribution in [-0.2, 0) is 11.3 Å². The Morgan fingerprint density at radius 3 is 2.33 bits per heavy atom. The lowest BCUT2D eigenvalue weighted by Gasteiger charge is -2.18. The molecule has 2 heteroatoms. The third kappa shape index (κ3) is 2.21. The zero-order valence-electron chi connectivity index (χ0n) is 7.76. The van der Waals surface area contributed by atoms with Crippen molar-refractivity contribution in [3.63, 3.8) is 0 Å². The van der Waals surface area contributed by atoms with E-state index in [2.05, 4.69) is 31.8 Å². The van der Waals surface area contributed by atoms with Gasteiger partial charge in [-0.05, 0) is 17.0 Å². The first-order valence-corrected chi connectivity index (χ1v) is 4.59. The Hall–Kier alpha value is -0.560. The topological polar surface area (TPSA) is 12.9 Å². The van der Waals surface area contributed by atoms with E-state index < -0.39 is 0 Å². The minimum atomic E-state index is 0.178. The predicted molar refractivity (Wildman–Crippen MR) is 52.5 cm³/mol. The summed E-state index contributed by atoms with van der Waals surface area (Å²) < 4.78 is 0. The van der Waals surface area contributed by atoms with Crippen LogP contribution in [-0.4, -0.2) is 4.98 Å². The van der Waals surface area contributed by atoms with E-state index in [9.17, 15) is 0 Å². The summed E-state index contributed by atoms with van der Waals surface area (Å²) in [5.74, 6) is 0.490. The number of hydrogen-bond donors (Lipinski definition) is 0. The molecule has 0 aromatic carbocycles. The lowest BCUT2D eigenvalue weighted by atomic mass is 9.88. The van der Waals surface area contributed by atoms with Gasteiger partial charge in [0.05, 0.1) is 11.6 Å². The number of alkyl halides is 1. The van der Waals surface area contributed by atoms with Crippen molar-refractivity contribution in [3.05, 3.63) is 29.6 Å². The van der Waals surface area contributed by atoms with Gasteiger partial charge in [0.2, 0.25) is 0 Å². The number of aromatic nitrogens is 1. The molecule has 12 heavy (non-hydrogen) atoms. The lowest BCUT2D eigenvalue weighted by Crippen LogP contribution is -2.11. The highest BCUT2D eigenvalue weighted by atomic mass is 35.5. The third-order valence-corrected chi connectivity index (χ3v) is 2.10. The van der Waals surface area contributed by atoms with Gasteiger partial charge >= 0.3 is 0 Å². The van der Waals surface area contributed by atoms with Gasteiger partial charge in [0, 0.05) is 6.20 Å². The number of halogens is 1. The van der Waals surface area contributed by atoms with Crippen LogP contribution in [0.25, 0.3) is 0 Å². The third-order valence-electron chi connectivity index (χ3n) is 1.83. The van der Waals surface area contributed by atoms with Crippen LogP contribution in [0.1, 0.15) is 32.0 Å². The van der Waals surface area contributed by atoms with E-state index in [1.54, 1.807) is 0 Å². The molecule has 0 saturated carbocycles. The predicted octanol–water partition coefficient (Wildman–Crippen LogP) is 3.12. The average molecular weight is 184 g/mol. The van der Waals surface area contributed by atoms with Crippen molar-refractivity contribution in [2.75, 3.05) is 0 Å². The van der Waals surface area contributed by atoms with Crippen LogP contribution in [0.15, 0.2) is 18.3 Å². The van der Waals surface area contributed by atoms with Crippen LogP contribution in [0.4, 0.5) is 0 Å². The van der Waals surface area contributed by atoms with E-state index in [0.717, 1.165) is 5.69 Å². The number of pyridine rings is 1. The van der Waals surface area contributed by atoms with Gasteiger partial charge in [-0.25, -0.2) is 0 Å². The fraction of sp³-hybridized carbons (Fsp3) is 0.500. The molecule has 0 radical (unpaired) electrons. The second-order valence-electron chi connectivity index (χ2n) is 3.92. The first kappa shape index (κ1) is 9.53. The minimum absolute atomic E-state index is 0.178. The molecule has 1 aromatic rings. The van der Waals surface area contributed by atoms with Gasteiger partial charge in [0.1, 0.15) is 0 Å². The Morgan fingerprint density at radius 2 is 2.00 bits per heavy atom. The first-order valence-electron chi connectivity index (χ1n) is 4.05. The maximum absolute atomic E-state index is 5.63. The Bertz CT molecular complexity index is 246.